The fraction of sp³-hybridized carbons (Fsp3) is 0.333. The van der Waals surface area contributed by atoms with Gasteiger partial charge < -0.3 is 16.0 Å². The molecule has 2 saturated heterocycles. The summed E-state index contributed by atoms with van der Waals surface area (Å²) in [6.07, 6.45) is 3.70. The summed E-state index contributed by atoms with van der Waals surface area (Å²) in [5.41, 5.74) is 8.46. The van der Waals surface area contributed by atoms with E-state index in [0.717, 1.165) is 32.5 Å². The van der Waals surface area contributed by atoms with Crippen molar-refractivity contribution in [3.8, 4) is 23.1 Å². The number of nitrogens with one attached hydrogen (secondary N) is 1. The molecule has 1 aromatic heterocycles. The van der Waals surface area contributed by atoms with Crippen molar-refractivity contribution < 1.29 is 4.39 Å². The zero-order valence-electron chi connectivity index (χ0n) is 20.3. The first-order valence-corrected chi connectivity index (χ1v) is 12.0. The standard InChI is InChI=1S/C27H28FN7O/c1-16-25(34-10-8-24-19(15-34)7-9-32-24)33-26(17-3-4-18(13-29)22(28)12-17)35(27(16)36)21-5-6-23(30)20(11-21)14-31-2/h3-6,11-12,14,19,24,32H,7-10,15,30H2,1-2H3. The topological polar surface area (TPSA) is 112 Å². The molecule has 9 heteroatoms. The lowest BCUT2D eigenvalue weighted by molar-refractivity contribution is 0.374. The van der Waals surface area contributed by atoms with Crippen molar-refractivity contribution in [2.24, 2.45) is 10.9 Å². The van der Waals surface area contributed by atoms with E-state index in [0.29, 0.717) is 51.7 Å². The van der Waals surface area contributed by atoms with Crippen molar-refractivity contribution in [1.82, 2.24) is 14.9 Å². The molecule has 0 aliphatic carbocycles. The van der Waals surface area contributed by atoms with Crippen LogP contribution in [0.15, 0.2) is 46.2 Å². The van der Waals surface area contributed by atoms with Crippen LogP contribution in [-0.2, 0) is 0 Å². The summed E-state index contributed by atoms with van der Waals surface area (Å²) >= 11 is 0. The Labute approximate surface area is 208 Å². The minimum atomic E-state index is -0.660. The molecule has 0 amide bonds. The Kier molecular flexibility index (Phi) is 6.29. The Morgan fingerprint density at radius 3 is 2.86 bits per heavy atom. The maximum absolute atomic E-state index is 14.7. The first kappa shape index (κ1) is 23.7. The van der Waals surface area contributed by atoms with E-state index in [4.69, 9.17) is 10.7 Å². The fourth-order valence-corrected chi connectivity index (χ4v) is 5.27. The molecule has 0 radical (unpaired) electrons. The largest absolute Gasteiger partial charge is 0.398 e. The SMILES string of the molecule is CN=Cc1cc(-n2c(-c3ccc(C#N)c(F)c3)nc(N3CCC4NCCC4C3)c(C)c2=O)ccc1N. The van der Waals surface area contributed by atoms with Crippen molar-refractivity contribution in [2.45, 2.75) is 25.8 Å². The second-order valence-electron chi connectivity index (χ2n) is 9.38. The van der Waals surface area contributed by atoms with Crippen LogP contribution >= 0.6 is 0 Å². The molecule has 5 rings (SSSR count). The van der Waals surface area contributed by atoms with Crippen molar-refractivity contribution >= 4 is 17.7 Å². The molecular formula is C27H28FN7O. The van der Waals surface area contributed by atoms with Gasteiger partial charge in [-0.3, -0.25) is 14.4 Å². The lowest BCUT2D eigenvalue weighted by atomic mass is 9.93. The van der Waals surface area contributed by atoms with E-state index in [-0.39, 0.29) is 11.1 Å². The van der Waals surface area contributed by atoms with E-state index < -0.39 is 5.82 Å². The number of fused-ring (bicyclic) bond motifs is 1. The van der Waals surface area contributed by atoms with Gasteiger partial charge in [-0.1, -0.05) is 0 Å². The Hall–Kier alpha value is -4.03. The van der Waals surface area contributed by atoms with Crippen LogP contribution in [0.2, 0.25) is 0 Å². The Morgan fingerprint density at radius 1 is 1.28 bits per heavy atom. The first-order valence-electron chi connectivity index (χ1n) is 12.0. The minimum absolute atomic E-state index is 0.0651. The third kappa shape index (κ3) is 4.14. The number of piperidine rings is 1. The second-order valence-corrected chi connectivity index (χ2v) is 9.38. The molecule has 3 aromatic rings. The molecule has 3 heterocycles. The van der Waals surface area contributed by atoms with Crippen LogP contribution in [0, 0.1) is 30.0 Å². The molecule has 36 heavy (non-hydrogen) atoms. The van der Waals surface area contributed by atoms with Gasteiger partial charge in [-0.15, -0.1) is 0 Å². The van der Waals surface area contributed by atoms with Gasteiger partial charge in [0.05, 0.1) is 16.8 Å². The zero-order chi connectivity index (χ0) is 25.4. The Morgan fingerprint density at radius 2 is 2.11 bits per heavy atom. The van der Waals surface area contributed by atoms with Crippen LogP contribution in [0.5, 0.6) is 0 Å². The quantitative estimate of drug-likeness (QED) is 0.434. The van der Waals surface area contributed by atoms with Crippen LogP contribution < -0.4 is 21.5 Å². The van der Waals surface area contributed by atoms with E-state index in [1.165, 1.54) is 16.7 Å². The van der Waals surface area contributed by atoms with Gasteiger partial charge in [0.15, 0.2) is 0 Å². The summed E-state index contributed by atoms with van der Waals surface area (Å²) in [5, 5.41) is 12.8. The smallest absolute Gasteiger partial charge is 0.263 e. The molecule has 2 aliphatic heterocycles. The molecule has 8 nitrogen and oxygen atoms in total. The summed E-state index contributed by atoms with van der Waals surface area (Å²) in [7, 11) is 1.65. The van der Waals surface area contributed by atoms with Crippen LogP contribution in [0.25, 0.3) is 17.1 Å². The van der Waals surface area contributed by atoms with Crippen molar-refractivity contribution in [3.05, 3.63) is 69.3 Å². The molecule has 2 aliphatic rings. The third-order valence-corrected chi connectivity index (χ3v) is 7.18. The maximum Gasteiger partial charge on any atom is 0.263 e. The van der Waals surface area contributed by atoms with Crippen molar-refractivity contribution in [2.75, 3.05) is 37.3 Å². The molecular weight excluding hydrogens is 457 g/mol. The highest BCUT2D eigenvalue weighted by Gasteiger charge is 2.34. The van der Waals surface area contributed by atoms with Crippen LogP contribution in [0.4, 0.5) is 15.9 Å². The lowest BCUT2D eigenvalue weighted by Gasteiger charge is -2.36. The molecule has 184 valence electrons. The summed E-state index contributed by atoms with van der Waals surface area (Å²) in [6, 6.07) is 11.9. The van der Waals surface area contributed by atoms with Gasteiger partial charge in [-0.25, -0.2) is 9.37 Å². The molecule has 2 fully saturated rings. The number of hydrogen-bond donors (Lipinski definition) is 2. The third-order valence-electron chi connectivity index (χ3n) is 7.18. The number of hydrogen-bond acceptors (Lipinski definition) is 7. The summed E-state index contributed by atoms with van der Waals surface area (Å²) in [6.45, 7) is 4.39. The van der Waals surface area contributed by atoms with Gasteiger partial charge in [0.25, 0.3) is 5.56 Å². The predicted molar refractivity (Wildman–Crippen MR) is 139 cm³/mol. The number of anilines is 2. The Balaban J connectivity index is 1.71. The molecule has 0 saturated carbocycles. The molecule has 2 aromatic carbocycles. The van der Waals surface area contributed by atoms with Gasteiger partial charge >= 0.3 is 0 Å². The van der Waals surface area contributed by atoms with Crippen LogP contribution in [-0.4, -0.2) is 48.5 Å². The average molecular weight is 486 g/mol. The number of nitrogens with two attached hydrogens (primary N) is 1. The van der Waals surface area contributed by atoms with Gasteiger partial charge in [0.2, 0.25) is 0 Å². The highest BCUT2D eigenvalue weighted by molar-refractivity contribution is 5.88. The maximum atomic E-state index is 14.7. The van der Waals surface area contributed by atoms with Gasteiger partial charge in [0, 0.05) is 49.2 Å². The monoisotopic (exact) mass is 485 g/mol. The number of halogens is 1. The predicted octanol–water partition coefficient (Wildman–Crippen LogP) is 3.04. The first-order chi connectivity index (χ1) is 17.4. The van der Waals surface area contributed by atoms with E-state index in [2.05, 4.69) is 15.2 Å². The Bertz CT molecular complexity index is 1460. The van der Waals surface area contributed by atoms with Crippen LogP contribution in [0.3, 0.4) is 0 Å². The summed E-state index contributed by atoms with van der Waals surface area (Å²) in [5.74, 6) is 0.769. The van der Waals surface area contributed by atoms with E-state index in [1.807, 2.05) is 6.07 Å². The molecule has 2 unspecified atom stereocenters. The molecule has 3 N–H and O–H groups in total. The minimum Gasteiger partial charge on any atom is -0.398 e. The summed E-state index contributed by atoms with van der Waals surface area (Å²) in [4.78, 5) is 25.1. The summed E-state index contributed by atoms with van der Waals surface area (Å²) < 4.78 is 16.2. The van der Waals surface area contributed by atoms with Crippen LogP contribution in [0.1, 0.15) is 29.5 Å². The van der Waals surface area contributed by atoms with Gasteiger partial charge in [0.1, 0.15) is 23.5 Å². The van der Waals surface area contributed by atoms with E-state index in [1.54, 1.807) is 44.5 Å². The second kappa shape index (κ2) is 9.55. The number of aliphatic imine (C=N–C) groups is 1. The average Bonchev–Trinajstić information content (AvgIpc) is 3.35. The normalized spacial score (nSPS) is 19.4. The number of rotatable bonds is 4. The fourth-order valence-electron chi connectivity index (χ4n) is 5.27. The number of nitrogen functional groups attached to an aromatic ring is 1. The number of nitriles is 1. The number of nitrogens with zero attached hydrogens (tertiary/aromatic N) is 5. The number of benzene rings is 2. The molecule has 2 atom stereocenters. The van der Waals surface area contributed by atoms with Crippen molar-refractivity contribution in [3.63, 3.8) is 0 Å². The van der Waals surface area contributed by atoms with Gasteiger partial charge in [-0.2, -0.15) is 5.26 Å². The zero-order valence-corrected chi connectivity index (χ0v) is 20.3. The van der Waals surface area contributed by atoms with Gasteiger partial charge in [-0.05, 0) is 68.6 Å². The highest BCUT2D eigenvalue weighted by Crippen LogP contribution is 2.31. The molecule has 0 spiro atoms. The number of aromatic nitrogens is 2. The molecule has 0 bridgehead atoms. The van der Waals surface area contributed by atoms with Crippen molar-refractivity contribution in [1.29, 1.82) is 5.26 Å². The lowest BCUT2D eigenvalue weighted by Crippen LogP contribution is -2.45. The van der Waals surface area contributed by atoms with E-state index >= 15 is 0 Å². The highest BCUT2D eigenvalue weighted by atomic mass is 19.1. The van der Waals surface area contributed by atoms with E-state index in [9.17, 15) is 14.4 Å².